The van der Waals surface area contributed by atoms with Gasteiger partial charge in [-0.05, 0) is 30.0 Å². The van der Waals surface area contributed by atoms with Crippen LogP contribution in [0.5, 0.6) is 5.75 Å². The summed E-state index contributed by atoms with van der Waals surface area (Å²) >= 11 is 5.11. The normalized spacial score (nSPS) is 11.1. The van der Waals surface area contributed by atoms with Crippen LogP contribution in [0.3, 0.4) is 0 Å². The minimum absolute atomic E-state index is 0.505. The van der Waals surface area contributed by atoms with Gasteiger partial charge in [0.25, 0.3) is 0 Å². The van der Waals surface area contributed by atoms with Crippen LogP contribution in [0.4, 0.5) is 0 Å². The predicted octanol–water partition coefficient (Wildman–Crippen LogP) is 4.85. The van der Waals surface area contributed by atoms with E-state index in [1.165, 1.54) is 0 Å². The highest BCUT2D eigenvalue weighted by Crippen LogP contribution is 2.30. The van der Waals surface area contributed by atoms with Gasteiger partial charge in [0.2, 0.25) is 0 Å². The van der Waals surface area contributed by atoms with Crippen LogP contribution in [0.15, 0.2) is 64.5 Å². The van der Waals surface area contributed by atoms with E-state index in [2.05, 4.69) is 29.1 Å². The third-order valence-corrected chi connectivity index (χ3v) is 3.37. The number of halogens is 1. The molecule has 0 atom stereocenters. The SMILES string of the molecule is C=C/C=C(\C=C)COc1ccc(Br)cc1SC. The van der Waals surface area contributed by atoms with E-state index in [1.54, 1.807) is 23.9 Å². The fourth-order valence-electron chi connectivity index (χ4n) is 1.25. The van der Waals surface area contributed by atoms with Gasteiger partial charge in [-0.2, -0.15) is 0 Å². The van der Waals surface area contributed by atoms with Crippen molar-refractivity contribution in [2.45, 2.75) is 4.90 Å². The minimum Gasteiger partial charge on any atom is -0.488 e. The van der Waals surface area contributed by atoms with Crippen molar-refractivity contribution in [3.8, 4) is 5.75 Å². The first kappa shape index (κ1) is 14.1. The van der Waals surface area contributed by atoms with E-state index in [1.807, 2.05) is 30.5 Å². The minimum atomic E-state index is 0.505. The first-order valence-electron chi connectivity index (χ1n) is 5.11. The topological polar surface area (TPSA) is 9.23 Å². The monoisotopic (exact) mass is 310 g/mol. The summed E-state index contributed by atoms with van der Waals surface area (Å²) in [6, 6.07) is 5.98. The number of hydrogen-bond donors (Lipinski definition) is 0. The van der Waals surface area contributed by atoms with Crippen LogP contribution >= 0.6 is 27.7 Å². The van der Waals surface area contributed by atoms with E-state index in [4.69, 9.17) is 4.74 Å². The lowest BCUT2D eigenvalue weighted by Crippen LogP contribution is -2.00. The van der Waals surface area contributed by atoms with Crippen molar-refractivity contribution in [1.82, 2.24) is 0 Å². The summed E-state index contributed by atoms with van der Waals surface area (Å²) in [5.74, 6) is 0.887. The van der Waals surface area contributed by atoms with Gasteiger partial charge >= 0.3 is 0 Å². The Morgan fingerprint density at radius 1 is 1.47 bits per heavy atom. The van der Waals surface area contributed by atoms with Crippen molar-refractivity contribution in [3.05, 3.63) is 59.6 Å². The Morgan fingerprint density at radius 2 is 2.24 bits per heavy atom. The Balaban J connectivity index is 2.78. The van der Waals surface area contributed by atoms with Gasteiger partial charge in [-0.15, -0.1) is 11.8 Å². The number of ether oxygens (including phenoxy) is 1. The molecule has 1 aromatic carbocycles. The molecule has 0 bridgehead atoms. The molecule has 17 heavy (non-hydrogen) atoms. The van der Waals surface area contributed by atoms with Gasteiger partial charge in [0.1, 0.15) is 12.4 Å². The largest absolute Gasteiger partial charge is 0.488 e. The van der Waals surface area contributed by atoms with Gasteiger partial charge < -0.3 is 4.74 Å². The van der Waals surface area contributed by atoms with Crippen LogP contribution in [0.2, 0.25) is 0 Å². The van der Waals surface area contributed by atoms with Crippen LogP contribution in [-0.2, 0) is 0 Å². The van der Waals surface area contributed by atoms with Crippen LogP contribution in [-0.4, -0.2) is 12.9 Å². The van der Waals surface area contributed by atoms with E-state index >= 15 is 0 Å². The standard InChI is InChI=1S/C14H15BrOS/c1-4-6-11(5-2)10-16-13-8-7-12(15)9-14(13)17-3/h4-9H,1-2,10H2,3H3/b11-6+. The van der Waals surface area contributed by atoms with Gasteiger partial charge in [0.05, 0.1) is 4.90 Å². The zero-order valence-electron chi connectivity index (χ0n) is 9.78. The second kappa shape index (κ2) is 7.41. The molecule has 0 spiro atoms. The summed E-state index contributed by atoms with van der Waals surface area (Å²) in [6.07, 6.45) is 7.43. The third kappa shape index (κ3) is 4.44. The highest BCUT2D eigenvalue weighted by Gasteiger charge is 2.03. The highest BCUT2D eigenvalue weighted by atomic mass is 79.9. The summed E-state index contributed by atoms with van der Waals surface area (Å²) < 4.78 is 6.81. The molecular weight excluding hydrogens is 296 g/mol. The van der Waals surface area contributed by atoms with Gasteiger partial charge in [0, 0.05) is 4.47 Å². The second-order valence-electron chi connectivity index (χ2n) is 3.27. The lowest BCUT2D eigenvalue weighted by molar-refractivity contribution is 0.347. The highest BCUT2D eigenvalue weighted by molar-refractivity contribution is 9.10. The van der Waals surface area contributed by atoms with Crippen molar-refractivity contribution in [2.24, 2.45) is 0 Å². The van der Waals surface area contributed by atoms with Crippen molar-refractivity contribution in [2.75, 3.05) is 12.9 Å². The first-order chi connectivity index (χ1) is 8.21. The van der Waals surface area contributed by atoms with Crippen LogP contribution in [0.1, 0.15) is 0 Å². The van der Waals surface area contributed by atoms with Crippen LogP contribution < -0.4 is 4.74 Å². The maximum Gasteiger partial charge on any atom is 0.133 e. The lowest BCUT2D eigenvalue weighted by Gasteiger charge is -2.10. The van der Waals surface area contributed by atoms with Gasteiger partial charge in [-0.3, -0.25) is 0 Å². The average molecular weight is 311 g/mol. The van der Waals surface area contributed by atoms with Gasteiger partial charge in [-0.1, -0.05) is 47.3 Å². The molecule has 0 fully saturated rings. The van der Waals surface area contributed by atoms with Crippen molar-refractivity contribution >= 4 is 27.7 Å². The van der Waals surface area contributed by atoms with E-state index < -0.39 is 0 Å². The maximum atomic E-state index is 5.76. The zero-order chi connectivity index (χ0) is 12.7. The summed E-state index contributed by atoms with van der Waals surface area (Å²) in [7, 11) is 0. The van der Waals surface area contributed by atoms with E-state index in [-0.39, 0.29) is 0 Å². The molecule has 0 aromatic heterocycles. The Bertz CT molecular complexity index is 438. The molecule has 0 aliphatic carbocycles. The summed E-state index contributed by atoms with van der Waals surface area (Å²) in [5.41, 5.74) is 1.01. The Morgan fingerprint density at radius 3 is 2.82 bits per heavy atom. The Hall–Kier alpha value is -0.930. The smallest absolute Gasteiger partial charge is 0.133 e. The molecule has 0 aliphatic rings. The first-order valence-corrected chi connectivity index (χ1v) is 7.13. The van der Waals surface area contributed by atoms with Crippen molar-refractivity contribution in [1.29, 1.82) is 0 Å². The number of benzene rings is 1. The second-order valence-corrected chi connectivity index (χ2v) is 5.03. The van der Waals surface area contributed by atoms with E-state index in [9.17, 15) is 0 Å². The molecule has 0 radical (unpaired) electrons. The number of hydrogen-bond acceptors (Lipinski definition) is 2. The summed E-state index contributed by atoms with van der Waals surface area (Å²) in [5, 5.41) is 0. The molecule has 0 saturated heterocycles. The average Bonchev–Trinajstić information content (AvgIpc) is 2.35. The number of allylic oxidation sites excluding steroid dienone is 2. The number of thioether (sulfide) groups is 1. The predicted molar refractivity (Wildman–Crippen MR) is 79.9 cm³/mol. The molecule has 0 unspecified atom stereocenters. The van der Waals surface area contributed by atoms with Crippen LogP contribution in [0, 0.1) is 0 Å². The summed E-state index contributed by atoms with van der Waals surface area (Å²) in [4.78, 5) is 1.11. The third-order valence-electron chi connectivity index (χ3n) is 2.11. The molecule has 1 nitrogen and oxygen atoms in total. The number of rotatable bonds is 6. The Labute approximate surface area is 115 Å². The summed E-state index contributed by atoms with van der Waals surface area (Å²) in [6.45, 7) is 7.90. The molecule has 0 amide bonds. The fraction of sp³-hybridized carbons (Fsp3) is 0.143. The quantitative estimate of drug-likeness (QED) is 0.549. The molecule has 0 aliphatic heterocycles. The molecule has 3 heteroatoms. The lowest BCUT2D eigenvalue weighted by atomic mass is 10.2. The molecule has 0 heterocycles. The van der Waals surface area contributed by atoms with Crippen LogP contribution in [0.25, 0.3) is 0 Å². The van der Waals surface area contributed by atoms with Crippen molar-refractivity contribution < 1.29 is 4.74 Å². The molecule has 1 rings (SSSR count). The fourth-order valence-corrected chi connectivity index (χ4v) is 2.33. The molecule has 90 valence electrons. The molecule has 0 N–H and O–H groups in total. The van der Waals surface area contributed by atoms with Gasteiger partial charge in [0.15, 0.2) is 0 Å². The van der Waals surface area contributed by atoms with Gasteiger partial charge in [-0.25, -0.2) is 0 Å². The van der Waals surface area contributed by atoms with E-state index in [0.29, 0.717) is 6.61 Å². The maximum absolute atomic E-state index is 5.76. The van der Waals surface area contributed by atoms with Crippen molar-refractivity contribution in [3.63, 3.8) is 0 Å². The molecule has 1 aromatic rings. The molecule has 0 saturated carbocycles. The Kier molecular flexibility index (Phi) is 6.16. The zero-order valence-corrected chi connectivity index (χ0v) is 12.2. The molecular formula is C14H15BrOS. The van der Waals surface area contributed by atoms with E-state index in [0.717, 1.165) is 20.7 Å².